The fraction of sp³-hybridized carbons (Fsp3) is 0.960. The Balaban J connectivity index is 1.64. The van der Waals surface area contributed by atoms with Gasteiger partial charge < -0.3 is 30.3 Å². The zero-order valence-electron chi connectivity index (χ0n) is 19.9. The Morgan fingerprint density at radius 3 is 2.41 bits per heavy atom. The van der Waals surface area contributed by atoms with Crippen LogP contribution in [0.25, 0.3) is 0 Å². The maximum absolute atomic E-state index is 11.7. The van der Waals surface area contributed by atoms with E-state index >= 15 is 0 Å². The van der Waals surface area contributed by atoms with Crippen molar-refractivity contribution in [1.29, 1.82) is 0 Å². The monoisotopic (exact) mass is 454 g/mol. The van der Waals surface area contributed by atoms with Gasteiger partial charge in [0.15, 0.2) is 5.79 Å². The molecule has 11 atom stereocenters. The van der Waals surface area contributed by atoms with Crippen LogP contribution < -0.4 is 0 Å². The zero-order valence-corrected chi connectivity index (χ0v) is 19.9. The predicted molar refractivity (Wildman–Crippen MR) is 117 cm³/mol. The number of ether oxygens (including phenoxy) is 1. The minimum atomic E-state index is -2.03. The lowest BCUT2D eigenvalue weighted by Gasteiger charge is -2.66. The number of hydrogen-bond acceptors (Lipinski definition) is 7. The van der Waals surface area contributed by atoms with Gasteiger partial charge in [-0.15, -0.1) is 0 Å². The molecule has 0 heterocycles. The predicted octanol–water partition coefficient (Wildman–Crippen LogP) is 1.83. The molecule has 5 N–H and O–H groups in total. The molecule has 4 fully saturated rings. The maximum Gasteiger partial charge on any atom is 0.305 e. The van der Waals surface area contributed by atoms with Gasteiger partial charge in [-0.3, -0.25) is 4.79 Å². The van der Waals surface area contributed by atoms with Gasteiger partial charge in [0.05, 0.1) is 25.4 Å². The molecular formula is C25H42O7. The Bertz CT molecular complexity index is 725. The van der Waals surface area contributed by atoms with Gasteiger partial charge in [-0.25, -0.2) is 0 Å². The molecule has 0 aromatic carbocycles. The Morgan fingerprint density at radius 2 is 1.75 bits per heavy atom. The van der Waals surface area contributed by atoms with Crippen LogP contribution in [0.4, 0.5) is 0 Å². The first kappa shape index (κ1) is 24.4. The van der Waals surface area contributed by atoms with Crippen molar-refractivity contribution in [1.82, 2.24) is 0 Å². The summed E-state index contributed by atoms with van der Waals surface area (Å²) in [6.45, 7) is 6.18. The lowest BCUT2D eigenvalue weighted by Crippen LogP contribution is -2.69. The number of fused-ring (bicyclic) bond motifs is 5. The molecular weight excluding hydrogens is 412 g/mol. The highest BCUT2D eigenvalue weighted by Crippen LogP contribution is 2.69. The van der Waals surface area contributed by atoms with Gasteiger partial charge in [0.1, 0.15) is 0 Å². The van der Waals surface area contributed by atoms with E-state index in [9.17, 15) is 30.3 Å². The van der Waals surface area contributed by atoms with Gasteiger partial charge >= 0.3 is 5.97 Å². The Hall–Kier alpha value is -0.730. The second-order valence-electron chi connectivity index (χ2n) is 11.9. The van der Waals surface area contributed by atoms with Crippen LogP contribution in [-0.2, 0) is 9.53 Å². The average Bonchev–Trinajstić information content (AvgIpc) is 3.07. The number of esters is 1. The van der Waals surface area contributed by atoms with E-state index in [1.807, 2.05) is 6.92 Å². The summed E-state index contributed by atoms with van der Waals surface area (Å²) in [5, 5.41) is 55.3. The molecule has 0 saturated heterocycles. The van der Waals surface area contributed by atoms with Gasteiger partial charge in [0, 0.05) is 18.3 Å². The molecule has 7 heteroatoms. The van der Waals surface area contributed by atoms with Crippen LogP contribution in [0, 0.1) is 46.3 Å². The standard InChI is InChI=1S/C25H42O7/c1-13(5-8-21(29)32-4)16-6-7-17-22-18(11-20(28)23(16,17)2)24(3)14(10-19(22)27)9-15(26)12-25(24,30)31/h13-20,22,26-28,30-31H,5-12H2,1-4H3. The lowest BCUT2D eigenvalue weighted by atomic mass is 9.41. The first-order valence-corrected chi connectivity index (χ1v) is 12.4. The number of rotatable bonds is 4. The second-order valence-corrected chi connectivity index (χ2v) is 11.9. The molecule has 11 unspecified atom stereocenters. The van der Waals surface area contributed by atoms with Crippen LogP contribution in [0.2, 0.25) is 0 Å². The molecule has 4 rings (SSSR count). The number of methoxy groups -OCH3 is 1. The fourth-order valence-corrected chi connectivity index (χ4v) is 8.94. The molecule has 4 aliphatic carbocycles. The summed E-state index contributed by atoms with van der Waals surface area (Å²) in [7, 11) is 1.40. The van der Waals surface area contributed by atoms with Crippen molar-refractivity contribution >= 4 is 5.97 Å². The van der Waals surface area contributed by atoms with E-state index in [2.05, 4.69) is 13.8 Å². The summed E-state index contributed by atoms with van der Waals surface area (Å²) in [5.74, 6) is -2.25. The molecule has 32 heavy (non-hydrogen) atoms. The molecule has 0 aromatic heterocycles. The van der Waals surface area contributed by atoms with E-state index in [1.54, 1.807) is 0 Å². The largest absolute Gasteiger partial charge is 0.469 e. The third-order valence-corrected chi connectivity index (χ3v) is 10.8. The molecule has 0 aliphatic heterocycles. The third-order valence-electron chi connectivity index (χ3n) is 10.8. The summed E-state index contributed by atoms with van der Waals surface area (Å²) in [5.41, 5.74) is -1.27. The summed E-state index contributed by atoms with van der Waals surface area (Å²) in [6.07, 6.45) is 2.10. The minimum absolute atomic E-state index is 0.0808. The van der Waals surface area contributed by atoms with Crippen molar-refractivity contribution < 1.29 is 35.1 Å². The first-order chi connectivity index (χ1) is 14.9. The minimum Gasteiger partial charge on any atom is -0.469 e. The van der Waals surface area contributed by atoms with Gasteiger partial charge in [0.2, 0.25) is 0 Å². The maximum atomic E-state index is 11.7. The van der Waals surface area contributed by atoms with Gasteiger partial charge in [-0.1, -0.05) is 20.8 Å². The highest BCUT2D eigenvalue weighted by atomic mass is 16.5. The molecule has 7 nitrogen and oxygen atoms in total. The molecule has 0 amide bonds. The van der Waals surface area contributed by atoms with E-state index in [0.29, 0.717) is 32.1 Å². The van der Waals surface area contributed by atoms with Crippen LogP contribution >= 0.6 is 0 Å². The Morgan fingerprint density at radius 1 is 1.06 bits per heavy atom. The SMILES string of the molecule is COC(=O)CCC(C)C1CCC2C3C(O)CC4CC(O)CC(O)(O)C4(C)C3CC(O)C12C. The van der Waals surface area contributed by atoms with Gasteiger partial charge in [-0.05, 0) is 79.4 Å². The van der Waals surface area contributed by atoms with Crippen LogP contribution in [0.5, 0.6) is 0 Å². The molecule has 0 spiro atoms. The van der Waals surface area contributed by atoms with Crippen LogP contribution in [0.3, 0.4) is 0 Å². The quantitative estimate of drug-likeness (QED) is 0.324. The van der Waals surface area contributed by atoms with Crippen molar-refractivity contribution in [3.63, 3.8) is 0 Å². The Kier molecular flexibility index (Phi) is 6.24. The number of aliphatic hydroxyl groups excluding tert-OH is 3. The summed E-state index contributed by atoms with van der Waals surface area (Å²) in [6, 6.07) is 0. The fourth-order valence-electron chi connectivity index (χ4n) is 8.94. The van der Waals surface area contributed by atoms with Crippen molar-refractivity contribution in [3.8, 4) is 0 Å². The highest BCUT2D eigenvalue weighted by molar-refractivity contribution is 5.69. The second kappa shape index (κ2) is 8.19. The smallest absolute Gasteiger partial charge is 0.305 e. The molecule has 0 aromatic rings. The third kappa shape index (κ3) is 3.37. The number of carbonyl (C=O) groups is 1. The van der Waals surface area contributed by atoms with E-state index in [1.165, 1.54) is 7.11 Å². The number of carbonyl (C=O) groups excluding carboxylic acids is 1. The molecule has 184 valence electrons. The van der Waals surface area contributed by atoms with Crippen LogP contribution in [-0.4, -0.2) is 62.7 Å². The van der Waals surface area contributed by atoms with Crippen molar-refractivity contribution in [2.24, 2.45) is 46.3 Å². The molecule has 4 saturated carbocycles. The van der Waals surface area contributed by atoms with E-state index < -0.39 is 29.5 Å². The lowest BCUT2D eigenvalue weighted by molar-refractivity contribution is -0.339. The van der Waals surface area contributed by atoms with E-state index in [-0.39, 0.29) is 53.3 Å². The van der Waals surface area contributed by atoms with Gasteiger partial charge in [-0.2, -0.15) is 0 Å². The molecule has 4 aliphatic rings. The zero-order chi connectivity index (χ0) is 23.6. The van der Waals surface area contributed by atoms with Crippen molar-refractivity contribution in [2.75, 3.05) is 7.11 Å². The normalized spacial score (nSPS) is 50.7. The van der Waals surface area contributed by atoms with E-state index in [0.717, 1.165) is 12.8 Å². The van der Waals surface area contributed by atoms with Crippen molar-refractivity contribution in [2.45, 2.75) is 96.2 Å². The topological polar surface area (TPSA) is 127 Å². The molecule has 0 bridgehead atoms. The molecule has 0 radical (unpaired) electrons. The Labute approximate surface area is 191 Å². The van der Waals surface area contributed by atoms with E-state index in [4.69, 9.17) is 4.74 Å². The number of hydrogen-bond donors (Lipinski definition) is 5. The van der Waals surface area contributed by atoms with Crippen LogP contribution in [0.15, 0.2) is 0 Å². The number of aliphatic hydroxyl groups is 5. The summed E-state index contributed by atoms with van der Waals surface area (Å²) >= 11 is 0. The summed E-state index contributed by atoms with van der Waals surface area (Å²) < 4.78 is 4.80. The average molecular weight is 455 g/mol. The van der Waals surface area contributed by atoms with Crippen LogP contribution in [0.1, 0.15) is 72.1 Å². The summed E-state index contributed by atoms with van der Waals surface area (Å²) in [4.78, 5) is 11.7. The van der Waals surface area contributed by atoms with Crippen molar-refractivity contribution in [3.05, 3.63) is 0 Å². The first-order valence-electron chi connectivity index (χ1n) is 12.4. The van der Waals surface area contributed by atoms with Gasteiger partial charge in [0.25, 0.3) is 0 Å². The highest BCUT2D eigenvalue weighted by Gasteiger charge is 2.70.